The second-order valence-corrected chi connectivity index (χ2v) is 7.82. The zero-order valence-electron chi connectivity index (χ0n) is 15.3. The first-order valence-corrected chi connectivity index (χ1v) is 10.3. The van der Waals surface area contributed by atoms with E-state index < -0.39 is 0 Å². The molecule has 0 aliphatic heterocycles. The van der Waals surface area contributed by atoms with Crippen molar-refractivity contribution in [3.05, 3.63) is 77.4 Å². The average molecular weight is 396 g/mol. The molecule has 1 fully saturated rings. The number of hydrogen-bond donors (Lipinski definition) is 1. The smallest absolute Gasteiger partial charge is 0.230 e. The topological polar surface area (TPSA) is 59.8 Å². The number of nitrogens with one attached hydrogen (secondary N) is 1. The van der Waals surface area contributed by atoms with Crippen molar-refractivity contribution >= 4 is 17.7 Å². The first kappa shape index (κ1) is 18.7. The van der Waals surface area contributed by atoms with E-state index in [1.807, 2.05) is 18.2 Å². The highest BCUT2D eigenvalue weighted by atomic mass is 32.2. The van der Waals surface area contributed by atoms with Gasteiger partial charge in [-0.05, 0) is 36.1 Å². The van der Waals surface area contributed by atoms with Gasteiger partial charge in [0.15, 0.2) is 5.16 Å². The van der Waals surface area contributed by atoms with E-state index in [-0.39, 0.29) is 17.5 Å². The van der Waals surface area contributed by atoms with E-state index in [0.29, 0.717) is 19.0 Å². The standard InChI is InChI=1S/C21H21FN4OS/c22-18-10-6-15(7-11-18)12-23-19(27)14-28-21-25-24-20(17-8-9-17)26(21)13-16-4-2-1-3-5-16/h1-7,10-11,17H,8-9,12-14H2,(H,23,27). The minimum absolute atomic E-state index is 0.0865. The van der Waals surface area contributed by atoms with Crippen LogP contribution in [0, 0.1) is 5.82 Å². The van der Waals surface area contributed by atoms with Gasteiger partial charge >= 0.3 is 0 Å². The number of aromatic nitrogens is 3. The largest absolute Gasteiger partial charge is 0.351 e. The van der Waals surface area contributed by atoms with Gasteiger partial charge in [-0.2, -0.15) is 0 Å². The van der Waals surface area contributed by atoms with Crippen LogP contribution in [0.1, 0.15) is 35.7 Å². The van der Waals surface area contributed by atoms with Gasteiger partial charge < -0.3 is 9.88 Å². The van der Waals surface area contributed by atoms with Crippen LogP contribution in [-0.4, -0.2) is 26.4 Å². The van der Waals surface area contributed by atoms with Gasteiger partial charge in [0, 0.05) is 12.5 Å². The molecule has 2 aromatic carbocycles. The monoisotopic (exact) mass is 396 g/mol. The number of rotatable bonds is 8. The van der Waals surface area contributed by atoms with Crippen molar-refractivity contribution in [2.75, 3.05) is 5.75 Å². The number of carbonyl (C=O) groups is 1. The van der Waals surface area contributed by atoms with Gasteiger partial charge in [0.25, 0.3) is 0 Å². The van der Waals surface area contributed by atoms with E-state index in [9.17, 15) is 9.18 Å². The van der Waals surface area contributed by atoms with Crippen molar-refractivity contribution in [3.63, 3.8) is 0 Å². The van der Waals surface area contributed by atoms with Gasteiger partial charge in [0.2, 0.25) is 5.91 Å². The molecule has 0 unspecified atom stereocenters. The molecule has 1 aliphatic carbocycles. The van der Waals surface area contributed by atoms with Crippen molar-refractivity contribution in [2.24, 2.45) is 0 Å². The molecule has 5 nitrogen and oxygen atoms in total. The first-order chi connectivity index (χ1) is 13.7. The number of amides is 1. The molecule has 144 valence electrons. The zero-order valence-corrected chi connectivity index (χ0v) is 16.2. The third-order valence-electron chi connectivity index (χ3n) is 4.61. The highest BCUT2D eigenvalue weighted by molar-refractivity contribution is 7.99. The molecule has 28 heavy (non-hydrogen) atoms. The SMILES string of the molecule is O=C(CSc1nnc(C2CC2)n1Cc1ccccc1)NCc1ccc(F)cc1. The first-order valence-electron chi connectivity index (χ1n) is 9.30. The molecule has 0 atom stereocenters. The van der Waals surface area contributed by atoms with Crippen LogP contribution in [0.5, 0.6) is 0 Å². The molecule has 1 saturated carbocycles. The number of benzene rings is 2. The van der Waals surface area contributed by atoms with Crippen LogP contribution >= 0.6 is 11.8 Å². The van der Waals surface area contributed by atoms with E-state index in [4.69, 9.17) is 0 Å². The van der Waals surface area contributed by atoms with Crippen LogP contribution in [0.2, 0.25) is 0 Å². The van der Waals surface area contributed by atoms with Gasteiger partial charge in [-0.3, -0.25) is 4.79 Å². The maximum Gasteiger partial charge on any atom is 0.230 e. The normalized spacial score (nSPS) is 13.5. The summed E-state index contributed by atoms with van der Waals surface area (Å²) in [5.74, 6) is 1.39. The van der Waals surface area contributed by atoms with Crippen LogP contribution in [0.15, 0.2) is 59.8 Å². The molecule has 0 saturated heterocycles. The lowest BCUT2D eigenvalue weighted by atomic mass is 10.2. The minimum atomic E-state index is -0.283. The molecule has 0 bridgehead atoms. The maximum absolute atomic E-state index is 12.9. The summed E-state index contributed by atoms with van der Waals surface area (Å²) in [5, 5.41) is 12.3. The predicted molar refractivity (Wildman–Crippen MR) is 107 cm³/mol. The lowest BCUT2D eigenvalue weighted by molar-refractivity contribution is -0.118. The van der Waals surface area contributed by atoms with Crippen molar-refractivity contribution in [1.29, 1.82) is 0 Å². The number of carbonyl (C=O) groups excluding carboxylic acids is 1. The van der Waals surface area contributed by atoms with E-state index in [0.717, 1.165) is 29.4 Å². The molecule has 1 N–H and O–H groups in total. The van der Waals surface area contributed by atoms with Gasteiger partial charge in [-0.25, -0.2) is 4.39 Å². The Kier molecular flexibility index (Phi) is 5.71. The van der Waals surface area contributed by atoms with Gasteiger partial charge in [0.1, 0.15) is 11.6 Å². The second-order valence-electron chi connectivity index (χ2n) is 6.88. The fourth-order valence-electron chi connectivity index (χ4n) is 2.95. The number of hydrogen-bond acceptors (Lipinski definition) is 4. The van der Waals surface area contributed by atoms with Crippen LogP contribution in [0.3, 0.4) is 0 Å². The van der Waals surface area contributed by atoms with Gasteiger partial charge in [0.05, 0.1) is 12.3 Å². The Morgan fingerprint density at radius 3 is 2.54 bits per heavy atom. The van der Waals surface area contributed by atoms with Crippen molar-refractivity contribution in [3.8, 4) is 0 Å². The minimum Gasteiger partial charge on any atom is -0.351 e. The summed E-state index contributed by atoms with van der Waals surface area (Å²) in [5.41, 5.74) is 2.05. The molecule has 1 amide bonds. The second kappa shape index (κ2) is 8.56. The Labute approximate surface area is 167 Å². The van der Waals surface area contributed by atoms with E-state index >= 15 is 0 Å². The van der Waals surface area contributed by atoms with Crippen LogP contribution in [-0.2, 0) is 17.9 Å². The quantitative estimate of drug-likeness (QED) is 0.589. The Morgan fingerprint density at radius 2 is 1.82 bits per heavy atom. The molecule has 4 rings (SSSR count). The summed E-state index contributed by atoms with van der Waals surface area (Å²) in [7, 11) is 0. The van der Waals surface area contributed by atoms with Crippen LogP contribution < -0.4 is 5.32 Å². The molecule has 0 radical (unpaired) electrons. The fraction of sp³-hybridized carbons (Fsp3) is 0.286. The molecule has 1 aromatic heterocycles. The maximum atomic E-state index is 12.9. The molecule has 0 spiro atoms. The summed E-state index contributed by atoms with van der Waals surface area (Å²) in [4.78, 5) is 12.2. The predicted octanol–water partition coefficient (Wildman–Crippen LogP) is 3.75. The summed E-state index contributed by atoms with van der Waals surface area (Å²) in [6, 6.07) is 16.3. The Hall–Kier alpha value is -2.67. The number of thioether (sulfide) groups is 1. The molecule has 3 aromatic rings. The number of nitrogens with zero attached hydrogens (tertiary/aromatic N) is 3. The van der Waals surface area contributed by atoms with E-state index in [1.54, 1.807) is 12.1 Å². The molecule has 1 heterocycles. The number of halogens is 1. The summed E-state index contributed by atoms with van der Waals surface area (Å²) in [6.45, 7) is 1.09. The zero-order chi connectivity index (χ0) is 19.3. The van der Waals surface area contributed by atoms with Crippen LogP contribution in [0.25, 0.3) is 0 Å². The Balaban J connectivity index is 1.37. The average Bonchev–Trinajstić information content (AvgIpc) is 3.48. The van der Waals surface area contributed by atoms with Crippen molar-refractivity contribution in [2.45, 2.75) is 37.0 Å². The summed E-state index contributed by atoms with van der Waals surface area (Å²) >= 11 is 1.40. The molecule has 1 aliphatic rings. The third-order valence-corrected chi connectivity index (χ3v) is 5.57. The highest BCUT2D eigenvalue weighted by Gasteiger charge is 2.30. The summed E-state index contributed by atoms with van der Waals surface area (Å²) < 4.78 is 15.1. The Morgan fingerprint density at radius 1 is 1.07 bits per heavy atom. The lowest BCUT2D eigenvalue weighted by Crippen LogP contribution is -2.24. The fourth-order valence-corrected chi connectivity index (χ4v) is 3.72. The Bertz CT molecular complexity index is 939. The third kappa shape index (κ3) is 4.78. The van der Waals surface area contributed by atoms with Gasteiger partial charge in [-0.1, -0.05) is 54.2 Å². The highest BCUT2D eigenvalue weighted by Crippen LogP contribution is 2.40. The molecular weight excluding hydrogens is 375 g/mol. The van der Waals surface area contributed by atoms with E-state index in [2.05, 4.69) is 32.2 Å². The summed E-state index contributed by atoms with van der Waals surface area (Å²) in [6.07, 6.45) is 2.30. The van der Waals surface area contributed by atoms with Crippen molar-refractivity contribution < 1.29 is 9.18 Å². The van der Waals surface area contributed by atoms with Crippen LogP contribution in [0.4, 0.5) is 4.39 Å². The van der Waals surface area contributed by atoms with E-state index in [1.165, 1.54) is 29.5 Å². The molecular formula is C21H21FN4OS. The molecule has 7 heteroatoms. The van der Waals surface area contributed by atoms with Crippen molar-refractivity contribution in [1.82, 2.24) is 20.1 Å². The van der Waals surface area contributed by atoms with Gasteiger partial charge in [-0.15, -0.1) is 10.2 Å². The lowest BCUT2D eigenvalue weighted by Gasteiger charge is -2.10.